The van der Waals surface area contributed by atoms with E-state index >= 15 is 0 Å². The maximum absolute atomic E-state index is 9.40. The monoisotopic (exact) mass is 457 g/mol. The van der Waals surface area contributed by atoms with Gasteiger partial charge in [0.2, 0.25) is 0 Å². The minimum Gasteiger partial charge on any atom is -0.411 e. The van der Waals surface area contributed by atoms with Crippen LogP contribution in [0.25, 0.3) is 0 Å². The first-order chi connectivity index (χ1) is 15.3. The van der Waals surface area contributed by atoms with E-state index in [9.17, 15) is 5.21 Å². The van der Waals surface area contributed by atoms with Crippen LogP contribution in [0.3, 0.4) is 0 Å². The molecule has 33 heavy (non-hydrogen) atoms. The van der Waals surface area contributed by atoms with Gasteiger partial charge in [-0.15, -0.1) is 5.16 Å². The van der Waals surface area contributed by atoms with E-state index in [-0.39, 0.29) is 10.8 Å². The Morgan fingerprint density at radius 3 is 2.27 bits per heavy atom. The highest BCUT2D eigenvalue weighted by atomic mass is 16.5. The molecule has 0 aromatic carbocycles. The van der Waals surface area contributed by atoms with Crippen LogP contribution in [0.1, 0.15) is 113 Å². The van der Waals surface area contributed by atoms with Crippen LogP contribution in [0, 0.1) is 56.2 Å². The number of ether oxygens (including phenoxy) is 1. The molecule has 0 spiro atoms. The standard InChI is InChI=1S/C30H51NO2/c1-25(2,3)21-11-12-29(8)22(27(21,6)17-18-31-32)10-9-20-23-24-26(4,5)13-15-30(23,19-33-24)16-14-28(20,29)7/h18,20-24,32H,9-17,19H2,1-8H3/b31-18+/t20-,21+,22-,23+,24-,27+,28-,29-,30-/m1/s1. The minimum atomic E-state index is 0.182. The van der Waals surface area contributed by atoms with Gasteiger partial charge >= 0.3 is 0 Å². The molecule has 5 aliphatic rings. The molecular weight excluding hydrogens is 406 g/mol. The van der Waals surface area contributed by atoms with Gasteiger partial charge < -0.3 is 9.94 Å². The van der Waals surface area contributed by atoms with Crippen molar-refractivity contribution in [3.63, 3.8) is 0 Å². The van der Waals surface area contributed by atoms with E-state index < -0.39 is 0 Å². The fourth-order valence-corrected chi connectivity index (χ4v) is 11.3. The van der Waals surface area contributed by atoms with Gasteiger partial charge in [-0.3, -0.25) is 0 Å². The zero-order valence-electron chi connectivity index (χ0n) is 22.8. The Labute approximate surface area is 203 Å². The lowest BCUT2D eigenvalue weighted by Gasteiger charge is -2.72. The topological polar surface area (TPSA) is 41.8 Å². The van der Waals surface area contributed by atoms with Crippen LogP contribution in [0.2, 0.25) is 0 Å². The summed E-state index contributed by atoms with van der Waals surface area (Å²) in [5.41, 5.74) is 1.96. The Balaban J connectivity index is 1.56. The molecule has 0 amide bonds. The van der Waals surface area contributed by atoms with E-state index in [0.717, 1.165) is 24.9 Å². The Morgan fingerprint density at radius 2 is 1.61 bits per heavy atom. The van der Waals surface area contributed by atoms with Crippen LogP contribution in [0.5, 0.6) is 0 Å². The molecule has 3 heteroatoms. The summed E-state index contributed by atoms with van der Waals surface area (Å²) < 4.78 is 6.70. The second kappa shape index (κ2) is 7.23. The third-order valence-electron chi connectivity index (χ3n) is 13.1. The Morgan fingerprint density at radius 1 is 0.909 bits per heavy atom. The summed E-state index contributed by atoms with van der Waals surface area (Å²) in [6.45, 7) is 21.2. The van der Waals surface area contributed by atoms with Crippen molar-refractivity contribution in [3.05, 3.63) is 0 Å². The van der Waals surface area contributed by atoms with Gasteiger partial charge in [-0.05, 0) is 114 Å². The van der Waals surface area contributed by atoms with E-state index in [2.05, 4.69) is 60.5 Å². The Bertz CT molecular complexity index is 813. The largest absolute Gasteiger partial charge is 0.411 e. The SMILES string of the molecule is CC(C)(C)[C@@H]1CC[C@]2(C)[C@H](CC[C@@H]3[C@H]4[C@H]5OC[C@@]4(CCC5(C)C)CC[C@]32C)[C@@]1(C)C/C=N/O. The number of oxime groups is 1. The third-order valence-corrected chi connectivity index (χ3v) is 13.1. The fraction of sp³-hybridized carbons (Fsp3) is 0.967. The molecule has 5 rings (SSSR count). The van der Waals surface area contributed by atoms with Crippen molar-refractivity contribution in [2.45, 2.75) is 119 Å². The molecule has 188 valence electrons. The molecule has 5 fully saturated rings. The van der Waals surface area contributed by atoms with Gasteiger partial charge in [0, 0.05) is 6.21 Å². The highest BCUT2D eigenvalue weighted by molar-refractivity contribution is 5.57. The summed E-state index contributed by atoms with van der Waals surface area (Å²) in [5.74, 6) is 2.89. The molecule has 4 saturated carbocycles. The van der Waals surface area contributed by atoms with Crippen molar-refractivity contribution in [3.8, 4) is 0 Å². The van der Waals surface area contributed by atoms with E-state index in [4.69, 9.17) is 4.74 Å². The first-order valence-corrected chi connectivity index (χ1v) is 14.0. The second-order valence-electron chi connectivity index (χ2n) is 15.6. The first-order valence-electron chi connectivity index (χ1n) is 14.0. The molecule has 9 atom stereocenters. The van der Waals surface area contributed by atoms with Gasteiger partial charge in [0.15, 0.2) is 0 Å². The lowest BCUT2D eigenvalue weighted by Crippen LogP contribution is -2.66. The average Bonchev–Trinajstić information content (AvgIpc) is 3.05. The molecule has 1 heterocycles. The van der Waals surface area contributed by atoms with Crippen molar-refractivity contribution < 1.29 is 9.94 Å². The molecule has 1 aliphatic heterocycles. The van der Waals surface area contributed by atoms with E-state index in [1.165, 1.54) is 51.4 Å². The van der Waals surface area contributed by atoms with Crippen molar-refractivity contribution in [1.82, 2.24) is 0 Å². The highest BCUT2D eigenvalue weighted by Crippen LogP contribution is 2.77. The smallest absolute Gasteiger partial charge is 0.0663 e. The average molecular weight is 458 g/mol. The highest BCUT2D eigenvalue weighted by Gasteiger charge is 2.71. The van der Waals surface area contributed by atoms with Crippen molar-refractivity contribution in [2.24, 2.45) is 61.3 Å². The van der Waals surface area contributed by atoms with Crippen LogP contribution in [-0.2, 0) is 4.74 Å². The fourth-order valence-electron chi connectivity index (χ4n) is 11.3. The second-order valence-corrected chi connectivity index (χ2v) is 15.6. The number of hydrogen-bond donors (Lipinski definition) is 1. The lowest BCUT2D eigenvalue weighted by molar-refractivity contribution is -0.232. The number of rotatable bonds is 2. The summed E-state index contributed by atoms with van der Waals surface area (Å²) in [5, 5.41) is 12.9. The Kier molecular flexibility index (Phi) is 5.29. The molecular formula is C30H51NO2. The molecule has 1 saturated heterocycles. The summed E-state index contributed by atoms with van der Waals surface area (Å²) in [4.78, 5) is 0. The first kappa shape index (κ1) is 24.1. The van der Waals surface area contributed by atoms with Crippen molar-refractivity contribution in [1.29, 1.82) is 0 Å². The maximum Gasteiger partial charge on any atom is 0.0663 e. The van der Waals surface area contributed by atoms with Crippen LogP contribution in [0.4, 0.5) is 0 Å². The van der Waals surface area contributed by atoms with Gasteiger partial charge in [-0.25, -0.2) is 0 Å². The zero-order chi connectivity index (χ0) is 24.1. The molecule has 0 radical (unpaired) electrons. The minimum absolute atomic E-state index is 0.182. The molecule has 3 nitrogen and oxygen atoms in total. The maximum atomic E-state index is 9.40. The number of fused-ring (bicyclic) bond motifs is 3. The summed E-state index contributed by atoms with van der Waals surface area (Å²) >= 11 is 0. The van der Waals surface area contributed by atoms with E-state index in [1.54, 1.807) is 0 Å². The van der Waals surface area contributed by atoms with Crippen molar-refractivity contribution >= 4 is 6.21 Å². The molecule has 2 bridgehead atoms. The van der Waals surface area contributed by atoms with Crippen molar-refractivity contribution in [2.75, 3.05) is 6.61 Å². The lowest BCUT2D eigenvalue weighted by atomic mass is 9.32. The number of hydrogen-bond acceptors (Lipinski definition) is 3. The summed E-state index contributed by atoms with van der Waals surface area (Å²) in [6, 6.07) is 0. The van der Waals surface area contributed by atoms with Crippen LogP contribution in [0.15, 0.2) is 5.16 Å². The van der Waals surface area contributed by atoms with Crippen LogP contribution >= 0.6 is 0 Å². The van der Waals surface area contributed by atoms with E-state index in [1.807, 2.05) is 6.21 Å². The van der Waals surface area contributed by atoms with Gasteiger partial charge in [0.05, 0.1) is 12.7 Å². The predicted molar refractivity (Wildman–Crippen MR) is 136 cm³/mol. The van der Waals surface area contributed by atoms with E-state index in [0.29, 0.717) is 39.6 Å². The number of nitrogens with zero attached hydrogens (tertiary/aromatic N) is 1. The zero-order valence-corrected chi connectivity index (χ0v) is 22.8. The van der Waals surface area contributed by atoms with Gasteiger partial charge in [-0.2, -0.15) is 0 Å². The molecule has 0 unspecified atom stereocenters. The van der Waals surface area contributed by atoms with Crippen LogP contribution in [-0.4, -0.2) is 24.1 Å². The Hall–Kier alpha value is -0.570. The normalized spacial score (nSPS) is 53.4. The van der Waals surface area contributed by atoms with Crippen LogP contribution < -0.4 is 0 Å². The van der Waals surface area contributed by atoms with Gasteiger partial charge in [0.1, 0.15) is 0 Å². The summed E-state index contributed by atoms with van der Waals surface area (Å²) in [7, 11) is 0. The quantitative estimate of drug-likeness (QED) is 0.260. The summed E-state index contributed by atoms with van der Waals surface area (Å²) in [6.07, 6.45) is 14.0. The molecule has 0 aromatic heterocycles. The molecule has 1 N–H and O–H groups in total. The van der Waals surface area contributed by atoms with Gasteiger partial charge in [0.25, 0.3) is 0 Å². The molecule has 4 aliphatic carbocycles. The molecule has 0 aromatic rings. The van der Waals surface area contributed by atoms with Gasteiger partial charge in [-0.1, -0.05) is 55.4 Å². The third kappa shape index (κ3) is 3.05. The predicted octanol–water partition coefficient (Wildman–Crippen LogP) is 7.95.